The fourth-order valence-electron chi connectivity index (χ4n) is 1.84. The minimum Gasteiger partial charge on any atom is -0.329 e. The van der Waals surface area contributed by atoms with Crippen LogP contribution in [0.25, 0.3) is 0 Å². The number of alkyl halides is 3. The van der Waals surface area contributed by atoms with Crippen LogP contribution in [0, 0.1) is 12.8 Å². The van der Waals surface area contributed by atoms with Gasteiger partial charge in [-0.3, -0.25) is 4.79 Å². The molecule has 0 saturated heterocycles. The predicted molar refractivity (Wildman–Crippen MR) is 68.0 cm³/mol. The number of nitrogens with zero attached hydrogens (tertiary/aromatic N) is 1. The zero-order valence-electron chi connectivity index (χ0n) is 11.3. The number of benzene rings is 1. The van der Waals surface area contributed by atoms with Crippen molar-refractivity contribution in [3.63, 3.8) is 0 Å². The van der Waals surface area contributed by atoms with Gasteiger partial charge in [-0.15, -0.1) is 0 Å². The molecule has 1 aromatic carbocycles. The SMILES string of the molecule is Cc1cccc(C(=O)N(CC(C)C)CC(F)(F)F)c1. The van der Waals surface area contributed by atoms with Crippen LogP contribution < -0.4 is 0 Å². The molecule has 1 amide bonds. The van der Waals surface area contributed by atoms with Crippen LogP contribution in [0.15, 0.2) is 24.3 Å². The molecule has 0 bridgehead atoms. The Morgan fingerprint density at radius 1 is 1.32 bits per heavy atom. The molecule has 0 aromatic heterocycles. The molecule has 1 aromatic rings. The Labute approximate surface area is 111 Å². The Balaban J connectivity index is 2.93. The van der Waals surface area contributed by atoms with Gasteiger partial charge in [0.15, 0.2) is 0 Å². The number of hydrogen-bond acceptors (Lipinski definition) is 1. The zero-order valence-corrected chi connectivity index (χ0v) is 11.3. The number of halogens is 3. The van der Waals surface area contributed by atoms with Crippen LogP contribution in [-0.2, 0) is 0 Å². The van der Waals surface area contributed by atoms with E-state index in [4.69, 9.17) is 0 Å². The molecule has 5 heteroatoms. The van der Waals surface area contributed by atoms with Gasteiger partial charge in [0.2, 0.25) is 0 Å². The topological polar surface area (TPSA) is 20.3 Å². The Morgan fingerprint density at radius 3 is 2.42 bits per heavy atom. The summed E-state index contributed by atoms with van der Waals surface area (Å²) in [6.07, 6.45) is -4.38. The lowest BCUT2D eigenvalue weighted by atomic mass is 10.1. The molecule has 1 rings (SSSR count). The first kappa shape index (κ1) is 15.5. The second-order valence-corrected chi connectivity index (χ2v) is 5.06. The lowest BCUT2D eigenvalue weighted by Gasteiger charge is -2.25. The van der Waals surface area contributed by atoms with Crippen LogP contribution in [0.1, 0.15) is 29.8 Å². The highest BCUT2D eigenvalue weighted by molar-refractivity contribution is 5.94. The average Bonchev–Trinajstić information content (AvgIpc) is 2.24. The summed E-state index contributed by atoms with van der Waals surface area (Å²) in [4.78, 5) is 13.0. The molecule has 0 atom stereocenters. The third-order valence-corrected chi connectivity index (χ3v) is 2.51. The Kier molecular flexibility index (Phi) is 4.97. The third kappa shape index (κ3) is 5.32. The van der Waals surface area contributed by atoms with E-state index in [9.17, 15) is 18.0 Å². The van der Waals surface area contributed by atoms with E-state index in [1.807, 2.05) is 0 Å². The second-order valence-electron chi connectivity index (χ2n) is 5.06. The van der Waals surface area contributed by atoms with E-state index in [1.165, 1.54) is 0 Å². The van der Waals surface area contributed by atoms with Crippen molar-refractivity contribution >= 4 is 5.91 Å². The maximum Gasteiger partial charge on any atom is 0.406 e. The Morgan fingerprint density at radius 2 is 1.95 bits per heavy atom. The van der Waals surface area contributed by atoms with E-state index in [-0.39, 0.29) is 12.5 Å². The summed E-state index contributed by atoms with van der Waals surface area (Å²) in [5.41, 5.74) is 1.15. The standard InChI is InChI=1S/C14H18F3NO/c1-10(2)8-18(9-14(15,16)17)13(19)12-6-4-5-11(3)7-12/h4-7,10H,8-9H2,1-3H3. The number of carbonyl (C=O) groups excluding carboxylic acids is 1. The van der Waals surface area contributed by atoms with Gasteiger partial charge in [0, 0.05) is 12.1 Å². The molecule has 0 aliphatic rings. The summed E-state index contributed by atoms with van der Waals surface area (Å²) in [5.74, 6) is -0.592. The molecule has 0 spiro atoms. The number of amides is 1. The van der Waals surface area contributed by atoms with Crippen LogP contribution in [-0.4, -0.2) is 30.1 Å². The normalized spacial score (nSPS) is 11.7. The van der Waals surface area contributed by atoms with Gasteiger partial charge in [-0.25, -0.2) is 0 Å². The van der Waals surface area contributed by atoms with Crippen LogP contribution >= 0.6 is 0 Å². The molecule has 0 unspecified atom stereocenters. The van der Waals surface area contributed by atoms with Crippen LogP contribution in [0.3, 0.4) is 0 Å². The number of carbonyl (C=O) groups is 1. The molecular formula is C14H18F3NO. The molecule has 0 heterocycles. The van der Waals surface area contributed by atoms with Crippen molar-refractivity contribution in [3.05, 3.63) is 35.4 Å². The van der Waals surface area contributed by atoms with Gasteiger partial charge in [0.1, 0.15) is 6.54 Å². The van der Waals surface area contributed by atoms with Crippen molar-refractivity contribution in [1.29, 1.82) is 0 Å². The van der Waals surface area contributed by atoms with Crippen LogP contribution in [0.5, 0.6) is 0 Å². The zero-order chi connectivity index (χ0) is 14.6. The fraction of sp³-hybridized carbons (Fsp3) is 0.500. The van der Waals surface area contributed by atoms with Gasteiger partial charge in [-0.1, -0.05) is 31.5 Å². The summed E-state index contributed by atoms with van der Waals surface area (Å²) in [7, 11) is 0. The first-order valence-electron chi connectivity index (χ1n) is 6.12. The third-order valence-electron chi connectivity index (χ3n) is 2.51. The van der Waals surface area contributed by atoms with Gasteiger partial charge in [-0.2, -0.15) is 13.2 Å². The molecule has 0 aliphatic heterocycles. The monoisotopic (exact) mass is 273 g/mol. The molecule has 19 heavy (non-hydrogen) atoms. The summed E-state index contributed by atoms with van der Waals surface area (Å²) in [5, 5.41) is 0. The molecule has 0 N–H and O–H groups in total. The molecule has 0 fully saturated rings. The maximum absolute atomic E-state index is 12.5. The first-order valence-corrected chi connectivity index (χ1v) is 6.12. The molecular weight excluding hydrogens is 255 g/mol. The van der Waals surface area contributed by atoms with E-state index >= 15 is 0 Å². The highest BCUT2D eigenvalue weighted by atomic mass is 19.4. The van der Waals surface area contributed by atoms with Crippen LogP contribution in [0.4, 0.5) is 13.2 Å². The van der Waals surface area contributed by atoms with Gasteiger partial charge in [0.25, 0.3) is 5.91 Å². The second kappa shape index (κ2) is 6.08. The first-order chi connectivity index (χ1) is 8.69. The van der Waals surface area contributed by atoms with Gasteiger partial charge in [-0.05, 0) is 25.0 Å². The molecule has 0 saturated carbocycles. The predicted octanol–water partition coefficient (Wildman–Crippen LogP) is 3.66. The van der Waals surface area contributed by atoms with E-state index in [0.29, 0.717) is 5.56 Å². The molecule has 106 valence electrons. The lowest BCUT2D eigenvalue weighted by molar-refractivity contribution is -0.141. The smallest absolute Gasteiger partial charge is 0.329 e. The number of aryl methyl sites for hydroxylation is 1. The summed E-state index contributed by atoms with van der Waals surface area (Å²) in [6, 6.07) is 6.61. The molecule has 2 nitrogen and oxygen atoms in total. The minimum absolute atomic E-state index is 0.0175. The Bertz CT molecular complexity index is 441. The largest absolute Gasteiger partial charge is 0.406 e. The van der Waals surface area contributed by atoms with E-state index in [1.54, 1.807) is 45.0 Å². The van der Waals surface area contributed by atoms with Crippen molar-refractivity contribution in [3.8, 4) is 0 Å². The van der Waals surface area contributed by atoms with E-state index < -0.39 is 18.6 Å². The van der Waals surface area contributed by atoms with Gasteiger partial charge < -0.3 is 4.90 Å². The van der Waals surface area contributed by atoms with Gasteiger partial charge in [0.05, 0.1) is 0 Å². The van der Waals surface area contributed by atoms with E-state index in [2.05, 4.69) is 0 Å². The van der Waals surface area contributed by atoms with Gasteiger partial charge >= 0.3 is 6.18 Å². The van der Waals surface area contributed by atoms with Crippen molar-refractivity contribution in [2.24, 2.45) is 5.92 Å². The molecule has 0 aliphatic carbocycles. The summed E-state index contributed by atoms with van der Waals surface area (Å²) in [6.45, 7) is 4.25. The fourth-order valence-corrected chi connectivity index (χ4v) is 1.84. The number of rotatable bonds is 4. The lowest BCUT2D eigenvalue weighted by Crippen LogP contribution is -2.41. The van der Waals surface area contributed by atoms with E-state index in [0.717, 1.165) is 10.5 Å². The average molecular weight is 273 g/mol. The minimum atomic E-state index is -4.38. The van der Waals surface area contributed by atoms with Crippen LogP contribution in [0.2, 0.25) is 0 Å². The van der Waals surface area contributed by atoms with Crippen molar-refractivity contribution in [2.75, 3.05) is 13.1 Å². The quantitative estimate of drug-likeness (QED) is 0.820. The van der Waals surface area contributed by atoms with Crippen molar-refractivity contribution < 1.29 is 18.0 Å². The summed E-state index contributed by atoms with van der Waals surface area (Å²) >= 11 is 0. The van der Waals surface area contributed by atoms with Crippen molar-refractivity contribution in [2.45, 2.75) is 26.9 Å². The number of hydrogen-bond donors (Lipinski definition) is 0. The summed E-state index contributed by atoms with van der Waals surface area (Å²) < 4.78 is 37.6. The highest BCUT2D eigenvalue weighted by Crippen LogP contribution is 2.19. The molecule has 0 radical (unpaired) electrons. The van der Waals surface area contributed by atoms with Crippen molar-refractivity contribution in [1.82, 2.24) is 4.90 Å². The maximum atomic E-state index is 12.5. The highest BCUT2D eigenvalue weighted by Gasteiger charge is 2.33. The Hall–Kier alpha value is -1.52.